The number of aromatic carboxylic acids is 4. The fourth-order valence-electron chi connectivity index (χ4n) is 11.4. The maximum atomic E-state index is 15.4. The summed E-state index contributed by atoms with van der Waals surface area (Å²) in [5.41, 5.74) is -18.8. The molecule has 1 aliphatic rings. The fraction of sp³-hybridized carbons (Fsp3) is 0.397. The van der Waals surface area contributed by atoms with Gasteiger partial charge >= 0.3 is 54.3 Å². The van der Waals surface area contributed by atoms with Gasteiger partial charge in [-0.3, -0.25) is 28.8 Å². The normalized spacial score (nSPS) is 15.2. The summed E-state index contributed by atoms with van der Waals surface area (Å²) in [6, 6.07) is 13.0. The minimum atomic E-state index is -5.29. The summed E-state index contributed by atoms with van der Waals surface area (Å²) >= 11 is 6.40. The summed E-state index contributed by atoms with van der Waals surface area (Å²) < 4.78 is 147. The number of alkyl halides is 11. The lowest BCUT2D eigenvalue weighted by Crippen LogP contribution is -2.46. The molecule has 0 spiro atoms. The Morgan fingerprint density at radius 1 is 0.413 bits per heavy atom. The summed E-state index contributed by atoms with van der Waals surface area (Å²) in [6.07, 6.45) is -8.50. The van der Waals surface area contributed by atoms with E-state index in [-0.39, 0.29) is 43.3 Å². The number of carbonyl (C=O) groups is 10. The maximum Gasteiger partial charge on any atom is 0.402 e. The molecule has 0 bridgehead atoms. The second-order valence-electron chi connectivity index (χ2n) is 26.1. The zero-order valence-electron chi connectivity index (χ0n) is 57.1. The number of unbranched alkanes of at least 4 members (excludes halogenated alkanes) is 6. The van der Waals surface area contributed by atoms with Gasteiger partial charge in [-0.2, -0.15) is 39.5 Å². The molecule has 5 aromatic rings. The van der Waals surface area contributed by atoms with Gasteiger partial charge in [0.15, 0.2) is 0 Å². The summed E-state index contributed by atoms with van der Waals surface area (Å²) in [5, 5.41) is 50.5. The van der Waals surface area contributed by atoms with Crippen molar-refractivity contribution in [3.8, 4) is 0 Å². The predicted octanol–water partition coefficient (Wildman–Crippen LogP) is 15.2. The van der Waals surface area contributed by atoms with Gasteiger partial charge in [0, 0.05) is 24.5 Å². The van der Waals surface area contributed by atoms with Crippen LogP contribution >= 0.6 is 31.9 Å². The quantitative estimate of drug-likeness (QED) is 0.00858. The third kappa shape index (κ3) is 19.5. The first kappa shape index (κ1) is 83.6. The Hall–Kier alpha value is -9.39. The van der Waals surface area contributed by atoms with Gasteiger partial charge < -0.3 is 51.2 Å². The van der Waals surface area contributed by atoms with E-state index in [0.29, 0.717) is 89.5 Å². The molecule has 31 heteroatoms. The minimum absolute atomic E-state index is 0.0527. The molecule has 104 heavy (non-hydrogen) atoms. The molecular weight excluding hydrogens is 1520 g/mol. The Kier molecular flexibility index (Phi) is 27.0. The molecule has 5 aromatic carbocycles. The molecule has 0 heterocycles. The van der Waals surface area contributed by atoms with Crippen molar-refractivity contribution in [2.24, 2.45) is 5.92 Å². The second kappa shape index (κ2) is 33.6. The van der Waals surface area contributed by atoms with Crippen LogP contribution in [-0.4, -0.2) is 133 Å². The molecule has 1 aliphatic carbocycles. The van der Waals surface area contributed by atoms with E-state index in [1.54, 1.807) is 27.7 Å². The molecule has 0 radical (unpaired) electrons. The number of carboxylic acids is 4. The standard InChI is InChI=1S/C73H75Br2F9N4O16/c1-66(2,74)64(101)103-34-14-10-8-12-32-85-56(89)48-28-20-42(36-52(48)60(93)94)69(6,72(79,80)81)44-22-30-50(54(38-44)62(97)98)58(91)87-46-24-16-40(17-25-46)68(5,71(76,77)78)41-18-26-47(27-19-41)88-59(92)51-31-23-45(39-55(51)63(99)100)70(7,73(82,83)84)43-21-29-49(53(37-43)61(95)96)57(90)86-33-13-9-11-15-35-104-65(102)67(3,4)75/h16-18,20-31,36-39,41H,8-15,19,32-35H2,1-7H3,(H,85,89)(H,86,90)(H,87,91)(H,88,92)(H,93,94)(H,95,96)(H,97,98)(H,99,100). The molecule has 20 nitrogen and oxygen atoms in total. The first-order valence-corrected chi connectivity index (χ1v) is 33.9. The van der Waals surface area contributed by atoms with Crippen molar-refractivity contribution < 1.29 is 117 Å². The lowest BCUT2D eigenvalue weighted by Gasteiger charge is -2.39. The molecule has 0 fully saturated rings. The van der Waals surface area contributed by atoms with Crippen LogP contribution in [0.15, 0.2) is 121 Å². The number of hydrogen-bond acceptors (Lipinski definition) is 12. The molecular formula is C73H75Br2F9N4O16. The molecule has 0 saturated carbocycles. The summed E-state index contributed by atoms with van der Waals surface area (Å²) in [4.78, 5) is 128. The number of nitrogens with one attached hydrogen (secondary N) is 4. The number of anilines is 1. The maximum absolute atomic E-state index is 15.4. The smallest absolute Gasteiger partial charge is 0.402 e. The fourth-order valence-corrected chi connectivity index (χ4v) is 11.6. The number of rotatable bonds is 32. The number of carbonyl (C=O) groups excluding carboxylic acids is 6. The topological polar surface area (TPSA) is 318 Å². The molecule has 560 valence electrons. The van der Waals surface area contributed by atoms with Crippen LogP contribution in [0.1, 0.15) is 217 Å². The summed E-state index contributed by atoms with van der Waals surface area (Å²) in [6.45, 7) is 9.04. The van der Waals surface area contributed by atoms with Crippen molar-refractivity contribution in [2.75, 3.05) is 31.6 Å². The van der Waals surface area contributed by atoms with Gasteiger partial charge in [0.2, 0.25) is 0 Å². The Labute approximate surface area is 607 Å². The van der Waals surface area contributed by atoms with Crippen molar-refractivity contribution in [1.29, 1.82) is 0 Å². The Balaban J connectivity index is 1.14. The number of carboxylic acid groups (broad SMARTS) is 4. The average molecular weight is 1600 g/mol. The minimum Gasteiger partial charge on any atom is -0.478 e. The highest BCUT2D eigenvalue weighted by Crippen LogP contribution is 2.51. The number of hydrogen-bond donors (Lipinski definition) is 8. The number of ether oxygens (including phenoxy) is 2. The highest BCUT2D eigenvalue weighted by atomic mass is 79.9. The van der Waals surface area contributed by atoms with Crippen LogP contribution in [-0.2, 0) is 35.3 Å². The highest BCUT2D eigenvalue weighted by molar-refractivity contribution is 9.10. The molecule has 8 N–H and O–H groups in total. The number of esters is 2. The van der Waals surface area contributed by atoms with Gasteiger partial charge in [-0.15, -0.1) is 0 Å². The van der Waals surface area contributed by atoms with E-state index < -0.39 is 182 Å². The first-order valence-electron chi connectivity index (χ1n) is 32.3. The summed E-state index contributed by atoms with van der Waals surface area (Å²) in [7, 11) is 0. The van der Waals surface area contributed by atoms with Crippen molar-refractivity contribution >= 4 is 97.0 Å². The van der Waals surface area contributed by atoms with Gasteiger partial charge in [0.05, 0.1) is 63.1 Å². The van der Waals surface area contributed by atoms with E-state index in [0.717, 1.165) is 91.9 Å². The van der Waals surface area contributed by atoms with Crippen molar-refractivity contribution in [2.45, 2.75) is 150 Å². The third-order valence-corrected chi connectivity index (χ3v) is 18.7. The van der Waals surface area contributed by atoms with Gasteiger partial charge in [-0.1, -0.05) is 93.3 Å². The molecule has 4 unspecified atom stereocenters. The number of benzene rings is 5. The van der Waals surface area contributed by atoms with Crippen LogP contribution in [0.25, 0.3) is 0 Å². The van der Waals surface area contributed by atoms with Crippen LogP contribution in [0.5, 0.6) is 0 Å². The van der Waals surface area contributed by atoms with E-state index in [9.17, 15) is 68.4 Å². The third-order valence-electron chi connectivity index (χ3n) is 18.0. The van der Waals surface area contributed by atoms with E-state index in [2.05, 4.69) is 53.1 Å². The van der Waals surface area contributed by atoms with Crippen molar-refractivity contribution in [3.05, 3.63) is 193 Å². The van der Waals surface area contributed by atoms with Crippen molar-refractivity contribution in [1.82, 2.24) is 16.0 Å². The Morgan fingerprint density at radius 2 is 0.731 bits per heavy atom. The lowest BCUT2D eigenvalue weighted by molar-refractivity contribution is -0.196. The molecule has 4 amide bonds. The Bertz CT molecular complexity index is 4180. The largest absolute Gasteiger partial charge is 0.478 e. The van der Waals surface area contributed by atoms with E-state index >= 15 is 39.5 Å². The SMILES string of the molecule is CC(C)(Br)C(=O)OCCCCCCNC(=O)c1ccc(C(C)(c2ccc(C(=O)NC3=CCC(C(C)(c4ccc(NC(=O)c5ccc(C(C)(c6ccc(C(=O)NCCCCCCOC(=O)C(C)(C)Br)c(C(=O)O)c6)C(F)(F)F)cc5C(=O)O)cc4)C(F)(F)F)C=C3)c(C(=O)O)c2)C(F)(F)F)cc1C(=O)O. The Morgan fingerprint density at radius 3 is 1.03 bits per heavy atom. The predicted molar refractivity (Wildman–Crippen MR) is 369 cm³/mol. The first-order chi connectivity index (χ1) is 48.2. The molecule has 0 aromatic heterocycles. The van der Waals surface area contributed by atoms with Gasteiger partial charge in [-0.25, -0.2) is 19.2 Å². The lowest BCUT2D eigenvalue weighted by atomic mass is 9.68. The van der Waals surface area contributed by atoms with E-state index in [1.807, 2.05) is 0 Å². The highest BCUT2D eigenvalue weighted by Gasteiger charge is 2.58. The van der Waals surface area contributed by atoms with Crippen LogP contribution < -0.4 is 21.3 Å². The number of allylic oxidation sites excluding steroid dienone is 3. The van der Waals surface area contributed by atoms with E-state index in [4.69, 9.17) is 9.47 Å². The molecule has 0 saturated heterocycles. The van der Waals surface area contributed by atoms with Crippen LogP contribution in [0.4, 0.5) is 45.2 Å². The molecule has 4 atom stereocenters. The van der Waals surface area contributed by atoms with Gasteiger partial charge in [0.1, 0.15) is 19.5 Å². The van der Waals surface area contributed by atoms with E-state index in [1.165, 1.54) is 6.08 Å². The molecule has 0 aliphatic heterocycles. The van der Waals surface area contributed by atoms with Crippen LogP contribution in [0.2, 0.25) is 0 Å². The average Bonchev–Trinajstić information content (AvgIpc) is 0.744. The van der Waals surface area contributed by atoms with Crippen LogP contribution in [0.3, 0.4) is 0 Å². The zero-order chi connectivity index (χ0) is 77.9. The monoisotopic (exact) mass is 1590 g/mol. The van der Waals surface area contributed by atoms with Gasteiger partial charge in [0.25, 0.3) is 23.6 Å². The second-order valence-corrected chi connectivity index (χ2v) is 30.1. The van der Waals surface area contributed by atoms with Crippen LogP contribution in [0, 0.1) is 5.92 Å². The summed E-state index contributed by atoms with van der Waals surface area (Å²) in [5.74, 6) is -13.9. The zero-order valence-corrected chi connectivity index (χ0v) is 60.3. The number of amides is 4. The number of halogens is 11. The van der Waals surface area contributed by atoms with Crippen molar-refractivity contribution in [3.63, 3.8) is 0 Å². The molecule has 6 rings (SSSR count). The van der Waals surface area contributed by atoms with Gasteiger partial charge in [-0.05, 0) is 194 Å².